The first-order chi connectivity index (χ1) is 15.6. The Morgan fingerprint density at radius 3 is 2.19 bits per heavy atom. The van der Waals surface area contributed by atoms with Gasteiger partial charge < -0.3 is 24.3 Å². The van der Waals surface area contributed by atoms with E-state index in [9.17, 15) is 4.79 Å². The first-order valence-corrected chi connectivity index (χ1v) is 10.2. The molecule has 0 aliphatic heterocycles. The minimum Gasteiger partial charge on any atom is -0.497 e. The van der Waals surface area contributed by atoms with Crippen LogP contribution in [-0.2, 0) is 6.42 Å². The summed E-state index contributed by atoms with van der Waals surface area (Å²) in [4.78, 5) is 21.8. The third-order valence-electron chi connectivity index (χ3n) is 5.54. The number of Topliss-reactive ketones (excluding diaryl/α,β-unsaturated/α-hetero) is 1. The predicted molar refractivity (Wildman–Crippen MR) is 120 cm³/mol. The summed E-state index contributed by atoms with van der Waals surface area (Å²) in [6.07, 6.45) is 2.56. The van der Waals surface area contributed by atoms with Gasteiger partial charge in [0.15, 0.2) is 17.3 Å². The van der Waals surface area contributed by atoms with E-state index < -0.39 is 0 Å². The zero-order valence-corrected chi connectivity index (χ0v) is 18.5. The standard InChI is InChI=1S/C24H25N3O5/c1-29-17-7-5-16(6-8-17)26-24-25-13-18-19(27-24)9-14(10-20(18)28)15-11-21(30-2)23(32-4)22(12-15)31-3/h5-8,11-14H,9-10H2,1-4H3,(H,25,26,27). The Labute approximate surface area is 186 Å². The molecule has 0 fully saturated rings. The summed E-state index contributed by atoms with van der Waals surface area (Å²) in [6, 6.07) is 11.2. The number of hydrogen-bond acceptors (Lipinski definition) is 8. The highest BCUT2D eigenvalue weighted by molar-refractivity contribution is 5.98. The van der Waals surface area contributed by atoms with Crippen LogP contribution in [0.2, 0.25) is 0 Å². The van der Waals surface area contributed by atoms with E-state index in [1.807, 2.05) is 36.4 Å². The first-order valence-electron chi connectivity index (χ1n) is 10.2. The number of methoxy groups -OCH3 is 4. The quantitative estimate of drug-likeness (QED) is 0.591. The van der Waals surface area contributed by atoms with Crippen LogP contribution in [0.5, 0.6) is 23.0 Å². The molecule has 0 spiro atoms. The second kappa shape index (κ2) is 9.13. The minimum absolute atomic E-state index is 0.0148. The molecule has 166 valence electrons. The average molecular weight is 435 g/mol. The Morgan fingerprint density at radius 2 is 1.59 bits per heavy atom. The highest BCUT2D eigenvalue weighted by atomic mass is 16.5. The number of aromatic nitrogens is 2. The Morgan fingerprint density at radius 1 is 0.906 bits per heavy atom. The largest absolute Gasteiger partial charge is 0.497 e. The lowest BCUT2D eigenvalue weighted by molar-refractivity contribution is 0.0962. The summed E-state index contributed by atoms with van der Waals surface area (Å²) >= 11 is 0. The summed E-state index contributed by atoms with van der Waals surface area (Å²) < 4.78 is 21.5. The Kier molecular flexibility index (Phi) is 6.11. The van der Waals surface area contributed by atoms with Crippen molar-refractivity contribution in [2.24, 2.45) is 0 Å². The van der Waals surface area contributed by atoms with E-state index in [0.29, 0.717) is 47.3 Å². The molecule has 0 amide bonds. The molecule has 8 heteroatoms. The van der Waals surface area contributed by atoms with Crippen molar-refractivity contribution in [2.45, 2.75) is 18.8 Å². The number of carbonyl (C=O) groups excluding carboxylic acids is 1. The lowest BCUT2D eigenvalue weighted by Crippen LogP contribution is -2.21. The van der Waals surface area contributed by atoms with Gasteiger partial charge in [-0.05, 0) is 54.3 Å². The van der Waals surface area contributed by atoms with Crippen LogP contribution >= 0.6 is 0 Å². The van der Waals surface area contributed by atoms with Gasteiger partial charge in [0, 0.05) is 18.3 Å². The fourth-order valence-electron chi connectivity index (χ4n) is 3.88. The Bertz CT molecular complexity index is 1110. The molecule has 8 nitrogen and oxygen atoms in total. The van der Waals surface area contributed by atoms with Crippen LogP contribution < -0.4 is 24.3 Å². The van der Waals surface area contributed by atoms with Gasteiger partial charge in [0.1, 0.15) is 5.75 Å². The number of anilines is 2. The Hall–Kier alpha value is -3.81. The number of nitrogens with zero attached hydrogens (tertiary/aromatic N) is 2. The lowest BCUT2D eigenvalue weighted by atomic mass is 9.82. The second-order valence-electron chi connectivity index (χ2n) is 7.39. The maximum Gasteiger partial charge on any atom is 0.227 e. The zero-order chi connectivity index (χ0) is 22.7. The number of ketones is 1. The van der Waals surface area contributed by atoms with Crippen LogP contribution in [0.1, 0.15) is 34.0 Å². The molecule has 1 N–H and O–H groups in total. The molecule has 32 heavy (non-hydrogen) atoms. The fraction of sp³-hybridized carbons (Fsp3) is 0.292. The number of hydrogen-bond donors (Lipinski definition) is 1. The number of fused-ring (bicyclic) bond motifs is 1. The van der Waals surface area contributed by atoms with Gasteiger partial charge in [0.05, 0.1) is 39.7 Å². The van der Waals surface area contributed by atoms with Gasteiger partial charge in [-0.1, -0.05) is 0 Å². The van der Waals surface area contributed by atoms with Crippen molar-refractivity contribution in [1.29, 1.82) is 0 Å². The molecule has 0 radical (unpaired) electrons. The maximum atomic E-state index is 12.8. The van der Waals surface area contributed by atoms with Crippen LogP contribution in [0.3, 0.4) is 0 Å². The molecular weight excluding hydrogens is 410 g/mol. The highest BCUT2D eigenvalue weighted by Crippen LogP contribution is 2.42. The molecule has 4 rings (SSSR count). The van der Waals surface area contributed by atoms with Crippen molar-refractivity contribution in [3.8, 4) is 23.0 Å². The molecule has 1 unspecified atom stereocenters. The highest BCUT2D eigenvalue weighted by Gasteiger charge is 2.29. The van der Waals surface area contributed by atoms with Crippen LogP contribution in [0.15, 0.2) is 42.6 Å². The Balaban J connectivity index is 1.62. The van der Waals surface area contributed by atoms with Gasteiger partial charge in [-0.25, -0.2) is 9.97 Å². The van der Waals surface area contributed by atoms with Crippen LogP contribution in [0.25, 0.3) is 0 Å². The minimum atomic E-state index is -0.0626. The SMILES string of the molecule is COc1ccc(Nc2ncc3c(n2)CC(c2cc(OC)c(OC)c(OC)c2)CC3=O)cc1. The number of rotatable bonds is 7. The van der Waals surface area contributed by atoms with Crippen LogP contribution in [0.4, 0.5) is 11.6 Å². The molecule has 0 bridgehead atoms. The van der Waals surface area contributed by atoms with Crippen molar-refractivity contribution in [3.63, 3.8) is 0 Å². The number of ether oxygens (including phenoxy) is 4. The molecule has 1 aromatic heterocycles. The van der Waals surface area contributed by atoms with E-state index in [1.54, 1.807) is 34.6 Å². The smallest absolute Gasteiger partial charge is 0.227 e. The van der Waals surface area contributed by atoms with Crippen LogP contribution in [0, 0.1) is 0 Å². The number of nitrogens with one attached hydrogen (secondary N) is 1. The van der Waals surface area contributed by atoms with Crippen molar-refractivity contribution in [3.05, 3.63) is 59.4 Å². The van der Waals surface area contributed by atoms with E-state index in [4.69, 9.17) is 18.9 Å². The summed E-state index contributed by atoms with van der Waals surface area (Å²) in [5, 5.41) is 3.18. The van der Waals surface area contributed by atoms with E-state index in [-0.39, 0.29) is 11.7 Å². The third-order valence-corrected chi connectivity index (χ3v) is 5.54. The molecule has 1 heterocycles. The summed E-state index contributed by atoms with van der Waals surface area (Å²) in [7, 11) is 6.34. The van der Waals surface area contributed by atoms with Crippen molar-refractivity contribution in [1.82, 2.24) is 9.97 Å². The fourth-order valence-corrected chi connectivity index (χ4v) is 3.88. The lowest BCUT2D eigenvalue weighted by Gasteiger charge is -2.24. The van der Waals surface area contributed by atoms with Crippen molar-refractivity contribution in [2.75, 3.05) is 33.8 Å². The van der Waals surface area contributed by atoms with E-state index in [2.05, 4.69) is 15.3 Å². The van der Waals surface area contributed by atoms with Gasteiger partial charge in [-0.15, -0.1) is 0 Å². The maximum absolute atomic E-state index is 12.8. The van der Waals surface area contributed by atoms with E-state index >= 15 is 0 Å². The molecule has 0 saturated heterocycles. The van der Waals surface area contributed by atoms with E-state index in [1.165, 1.54) is 0 Å². The van der Waals surface area contributed by atoms with Gasteiger partial charge in [-0.3, -0.25) is 4.79 Å². The molecule has 3 aromatic rings. The molecule has 2 aromatic carbocycles. The van der Waals surface area contributed by atoms with Crippen molar-refractivity contribution < 1.29 is 23.7 Å². The van der Waals surface area contributed by atoms with Crippen LogP contribution in [-0.4, -0.2) is 44.2 Å². The molecule has 1 aliphatic carbocycles. The summed E-state index contributed by atoms with van der Waals surface area (Å²) in [5.41, 5.74) is 3.04. The molecule has 1 aliphatic rings. The van der Waals surface area contributed by atoms with Crippen molar-refractivity contribution >= 4 is 17.4 Å². The van der Waals surface area contributed by atoms with Gasteiger partial charge in [0.25, 0.3) is 0 Å². The summed E-state index contributed by atoms with van der Waals surface area (Å²) in [5.74, 6) is 2.80. The normalized spacial score (nSPS) is 15.0. The molecule has 0 saturated carbocycles. The average Bonchev–Trinajstić information content (AvgIpc) is 2.83. The summed E-state index contributed by atoms with van der Waals surface area (Å²) in [6.45, 7) is 0. The molecule has 1 atom stereocenters. The van der Waals surface area contributed by atoms with Gasteiger partial charge >= 0.3 is 0 Å². The third kappa shape index (κ3) is 4.16. The zero-order valence-electron chi connectivity index (χ0n) is 18.5. The van der Waals surface area contributed by atoms with Gasteiger partial charge in [-0.2, -0.15) is 0 Å². The topological polar surface area (TPSA) is 91.8 Å². The first kappa shape index (κ1) is 21.4. The monoisotopic (exact) mass is 435 g/mol. The second-order valence-corrected chi connectivity index (χ2v) is 7.39. The van der Waals surface area contributed by atoms with E-state index in [0.717, 1.165) is 17.0 Å². The van der Waals surface area contributed by atoms with Gasteiger partial charge in [0.2, 0.25) is 11.7 Å². The molecular formula is C24H25N3O5. The number of carbonyl (C=O) groups is 1. The predicted octanol–water partition coefficient (Wildman–Crippen LogP) is 4.17. The number of benzene rings is 2.